The zero-order chi connectivity index (χ0) is 18.8. The molecule has 0 bridgehead atoms. The van der Waals surface area contributed by atoms with Crippen LogP contribution in [0.15, 0.2) is 47.1 Å². The van der Waals surface area contributed by atoms with Gasteiger partial charge in [-0.3, -0.25) is 9.48 Å². The summed E-state index contributed by atoms with van der Waals surface area (Å²) in [6.07, 6.45) is 1.67. The van der Waals surface area contributed by atoms with Gasteiger partial charge in [0.05, 0.1) is 24.0 Å². The number of hydrogen-bond donors (Lipinski definition) is 1. The van der Waals surface area contributed by atoms with E-state index in [-0.39, 0.29) is 18.1 Å². The fourth-order valence-electron chi connectivity index (χ4n) is 2.59. The lowest BCUT2D eigenvalue weighted by Gasteiger charge is -2.04. The lowest BCUT2D eigenvalue weighted by atomic mass is 10.2. The molecule has 0 aliphatic heterocycles. The smallest absolute Gasteiger partial charge is 0.273 e. The van der Waals surface area contributed by atoms with Crippen LogP contribution in [-0.4, -0.2) is 41.1 Å². The van der Waals surface area contributed by atoms with Crippen molar-refractivity contribution in [2.75, 3.05) is 0 Å². The summed E-state index contributed by atoms with van der Waals surface area (Å²) in [6.45, 7) is 2.06. The van der Waals surface area contributed by atoms with Gasteiger partial charge in [0.1, 0.15) is 0 Å². The number of tetrazole rings is 1. The number of amides is 1. The van der Waals surface area contributed by atoms with Gasteiger partial charge in [-0.2, -0.15) is 9.78 Å². The summed E-state index contributed by atoms with van der Waals surface area (Å²) in [5.41, 5.74) is 2.69. The zero-order valence-corrected chi connectivity index (χ0v) is 14.7. The van der Waals surface area contributed by atoms with Crippen molar-refractivity contribution < 1.29 is 9.32 Å². The van der Waals surface area contributed by atoms with Crippen LogP contribution in [0.2, 0.25) is 0 Å². The third-order valence-electron chi connectivity index (χ3n) is 4.19. The van der Waals surface area contributed by atoms with Crippen molar-refractivity contribution in [1.82, 2.24) is 40.5 Å². The van der Waals surface area contributed by atoms with E-state index in [0.29, 0.717) is 11.6 Å². The highest BCUT2D eigenvalue weighted by atomic mass is 16.5. The zero-order valence-electron chi connectivity index (χ0n) is 14.7. The number of aryl methyl sites for hydroxylation is 1. The summed E-state index contributed by atoms with van der Waals surface area (Å²) < 4.78 is 8.57. The minimum Gasteiger partial charge on any atom is -0.355 e. The first kappa shape index (κ1) is 16.6. The Bertz CT molecular complexity index is 1080. The van der Waals surface area contributed by atoms with E-state index in [2.05, 4.69) is 31.1 Å². The molecule has 27 heavy (non-hydrogen) atoms. The highest BCUT2D eigenvalue weighted by molar-refractivity contribution is 5.93. The van der Waals surface area contributed by atoms with Gasteiger partial charge in [0.25, 0.3) is 5.91 Å². The first-order chi connectivity index (χ1) is 13.1. The second kappa shape index (κ2) is 6.83. The van der Waals surface area contributed by atoms with Gasteiger partial charge < -0.3 is 9.84 Å². The first-order valence-electron chi connectivity index (χ1n) is 8.20. The second-order valence-electron chi connectivity index (χ2n) is 5.87. The van der Waals surface area contributed by atoms with Crippen LogP contribution < -0.4 is 5.32 Å². The molecule has 0 aliphatic carbocycles. The van der Waals surface area contributed by atoms with Gasteiger partial charge in [0.15, 0.2) is 17.3 Å². The van der Waals surface area contributed by atoms with Crippen molar-refractivity contribution in [3.63, 3.8) is 0 Å². The van der Waals surface area contributed by atoms with Crippen molar-refractivity contribution in [2.45, 2.75) is 13.5 Å². The third-order valence-corrected chi connectivity index (χ3v) is 4.19. The molecule has 10 heteroatoms. The molecule has 0 saturated carbocycles. The molecule has 0 spiro atoms. The molecule has 1 N–H and O–H groups in total. The maximum Gasteiger partial charge on any atom is 0.273 e. The van der Waals surface area contributed by atoms with E-state index in [9.17, 15) is 4.79 Å². The molecule has 0 atom stereocenters. The Kier molecular flexibility index (Phi) is 4.21. The fourth-order valence-corrected chi connectivity index (χ4v) is 2.59. The monoisotopic (exact) mass is 364 g/mol. The molecule has 4 rings (SSSR count). The number of carbonyl (C=O) groups excluding carboxylic acids is 1. The number of benzene rings is 1. The predicted molar refractivity (Wildman–Crippen MR) is 93.8 cm³/mol. The largest absolute Gasteiger partial charge is 0.355 e. The summed E-state index contributed by atoms with van der Waals surface area (Å²) >= 11 is 0. The summed E-state index contributed by atoms with van der Waals surface area (Å²) in [4.78, 5) is 12.4. The van der Waals surface area contributed by atoms with Crippen LogP contribution in [0.5, 0.6) is 0 Å². The van der Waals surface area contributed by atoms with Crippen molar-refractivity contribution >= 4 is 5.91 Å². The number of carbonyl (C=O) groups is 1. The molecule has 10 nitrogen and oxygen atoms in total. The summed E-state index contributed by atoms with van der Waals surface area (Å²) in [7, 11) is 1.83. The Morgan fingerprint density at radius 1 is 1.26 bits per heavy atom. The molecule has 1 amide bonds. The Labute approximate surface area is 153 Å². The van der Waals surface area contributed by atoms with Crippen LogP contribution >= 0.6 is 0 Å². The molecule has 3 aromatic heterocycles. The molecule has 3 heterocycles. The average molecular weight is 364 g/mol. The Morgan fingerprint density at radius 3 is 2.81 bits per heavy atom. The van der Waals surface area contributed by atoms with Gasteiger partial charge in [0, 0.05) is 18.8 Å². The minimum atomic E-state index is -0.380. The molecule has 1 aromatic carbocycles. The molecule has 0 fully saturated rings. The SMILES string of the molecule is Cc1c(-c2cc(C(=O)NCc3nnnn3-c3ccccc3)no2)cnn1C. The summed E-state index contributed by atoms with van der Waals surface area (Å²) in [6, 6.07) is 11.0. The summed E-state index contributed by atoms with van der Waals surface area (Å²) in [5, 5.41) is 22.3. The van der Waals surface area contributed by atoms with E-state index < -0.39 is 0 Å². The number of aromatic nitrogens is 7. The topological polar surface area (TPSA) is 117 Å². The second-order valence-corrected chi connectivity index (χ2v) is 5.87. The highest BCUT2D eigenvalue weighted by Gasteiger charge is 2.17. The molecule has 136 valence electrons. The van der Waals surface area contributed by atoms with E-state index in [0.717, 1.165) is 16.9 Å². The molecular formula is C17H16N8O2. The van der Waals surface area contributed by atoms with Crippen LogP contribution in [-0.2, 0) is 13.6 Å². The lowest BCUT2D eigenvalue weighted by molar-refractivity contribution is 0.0940. The quantitative estimate of drug-likeness (QED) is 0.567. The van der Waals surface area contributed by atoms with Gasteiger partial charge in [-0.1, -0.05) is 23.4 Å². The molecular weight excluding hydrogens is 348 g/mol. The molecule has 0 radical (unpaired) electrons. The van der Waals surface area contributed by atoms with Crippen molar-refractivity contribution in [3.05, 3.63) is 59.8 Å². The standard InChI is InChI=1S/C17H16N8O2/c1-11-13(9-19-24(11)2)15-8-14(21-27-15)17(26)18-10-16-20-22-23-25(16)12-6-4-3-5-7-12/h3-9H,10H2,1-2H3,(H,18,26). The van der Waals surface area contributed by atoms with Crippen LogP contribution in [0, 0.1) is 6.92 Å². The number of nitrogens with one attached hydrogen (secondary N) is 1. The van der Waals surface area contributed by atoms with Crippen LogP contribution in [0.25, 0.3) is 17.0 Å². The summed E-state index contributed by atoms with van der Waals surface area (Å²) in [5.74, 6) is 0.607. The molecule has 0 saturated heterocycles. The number of nitrogens with zero attached hydrogens (tertiary/aromatic N) is 7. The van der Waals surface area contributed by atoms with E-state index >= 15 is 0 Å². The Balaban J connectivity index is 1.47. The number of rotatable bonds is 5. The number of hydrogen-bond acceptors (Lipinski definition) is 7. The van der Waals surface area contributed by atoms with E-state index in [1.54, 1.807) is 21.6 Å². The maximum atomic E-state index is 12.4. The first-order valence-corrected chi connectivity index (χ1v) is 8.20. The van der Waals surface area contributed by atoms with Crippen molar-refractivity contribution in [2.24, 2.45) is 7.05 Å². The predicted octanol–water partition coefficient (Wildman–Crippen LogP) is 1.29. The van der Waals surface area contributed by atoms with Crippen LogP contribution in [0.3, 0.4) is 0 Å². The molecule has 0 aliphatic rings. The van der Waals surface area contributed by atoms with Crippen LogP contribution in [0.1, 0.15) is 22.0 Å². The van der Waals surface area contributed by atoms with E-state index in [1.807, 2.05) is 44.3 Å². The van der Waals surface area contributed by atoms with Gasteiger partial charge in [-0.25, -0.2) is 0 Å². The highest BCUT2D eigenvalue weighted by Crippen LogP contribution is 2.23. The normalized spacial score (nSPS) is 10.9. The minimum absolute atomic E-state index is 0.148. The average Bonchev–Trinajstić information content (AvgIpc) is 3.42. The van der Waals surface area contributed by atoms with Crippen molar-refractivity contribution in [1.29, 1.82) is 0 Å². The van der Waals surface area contributed by atoms with Gasteiger partial charge in [-0.05, 0) is 29.5 Å². The van der Waals surface area contributed by atoms with Crippen molar-refractivity contribution in [3.8, 4) is 17.0 Å². The number of para-hydroxylation sites is 1. The van der Waals surface area contributed by atoms with Crippen LogP contribution in [0.4, 0.5) is 0 Å². The molecule has 4 aromatic rings. The Hall–Kier alpha value is -3.82. The van der Waals surface area contributed by atoms with E-state index in [4.69, 9.17) is 4.52 Å². The molecule has 0 unspecified atom stereocenters. The van der Waals surface area contributed by atoms with E-state index in [1.165, 1.54) is 0 Å². The van der Waals surface area contributed by atoms with Gasteiger partial charge >= 0.3 is 0 Å². The fraction of sp³-hybridized carbons (Fsp3) is 0.176. The Morgan fingerprint density at radius 2 is 2.07 bits per heavy atom. The van der Waals surface area contributed by atoms with Gasteiger partial charge in [0.2, 0.25) is 0 Å². The van der Waals surface area contributed by atoms with Gasteiger partial charge in [-0.15, -0.1) is 5.10 Å². The third kappa shape index (κ3) is 3.19. The lowest BCUT2D eigenvalue weighted by Crippen LogP contribution is -2.25. The maximum absolute atomic E-state index is 12.4.